The van der Waals surface area contributed by atoms with E-state index in [4.69, 9.17) is 9.72 Å². The highest BCUT2D eigenvalue weighted by molar-refractivity contribution is 6.00. The van der Waals surface area contributed by atoms with E-state index in [0.29, 0.717) is 11.3 Å². The monoisotopic (exact) mass is 525 g/mol. The number of aromatic nitrogens is 3. The van der Waals surface area contributed by atoms with E-state index in [-0.39, 0.29) is 5.97 Å². The molecule has 4 aromatic heterocycles. The third-order valence-electron chi connectivity index (χ3n) is 8.57. The van der Waals surface area contributed by atoms with Gasteiger partial charge in [-0.3, -0.25) is 4.98 Å². The average Bonchev–Trinajstić information content (AvgIpc) is 3.57. The normalized spacial score (nSPS) is 16.6. The molecule has 0 saturated heterocycles. The first-order valence-electron chi connectivity index (χ1n) is 14.0. The van der Waals surface area contributed by atoms with E-state index < -0.39 is 5.60 Å². The van der Waals surface area contributed by atoms with Gasteiger partial charge in [-0.25, -0.2) is 4.79 Å². The Morgan fingerprint density at radius 1 is 0.825 bits per heavy atom. The van der Waals surface area contributed by atoms with Crippen LogP contribution in [0.4, 0.5) is 0 Å². The highest BCUT2D eigenvalue weighted by Crippen LogP contribution is 2.54. The number of ether oxygens (including phenoxy) is 1. The van der Waals surface area contributed by atoms with Gasteiger partial charge in [0.2, 0.25) is 5.60 Å². The number of hydrogen-bond acceptors (Lipinski definition) is 3. The molecule has 198 valence electrons. The summed E-state index contributed by atoms with van der Waals surface area (Å²) in [6.07, 6.45) is 4.91. The number of hydrogen-bond donors (Lipinski definition) is 0. The number of aryl methyl sites for hydroxylation is 3. The highest BCUT2D eigenvalue weighted by atomic mass is 16.6. The summed E-state index contributed by atoms with van der Waals surface area (Å²) in [4.78, 5) is 18.7. The van der Waals surface area contributed by atoms with Crippen molar-refractivity contribution >= 4 is 22.4 Å². The number of para-hydroxylation sites is 1. The fraction of sp³-hybridized carbons (Fsp3) is 0.200. The molecule has 0 fully saturated rings. The molecule has 0 radical (unpaired) electrons. The lowest BCUT2D eigenvalue weighted by Gasteiger charge is -2.31. The van der Waals surface area contributed by atoms with Crippen LogP contribution in [0.25, 0.3) is 27.5 Å². The van der Waals surface area contributed by atoms with Crippen molar-refractivity contribution in [1.29, 1.82) is 0 Å². The van der Waals surface area contributed by atoms with Gasteiger partial charge in [0.05, 0.1) is 11.1 Å². The number of fused-ring (bicyclic) bond motifs is 3. The van der Waals surface area contributed by atoms with Gasteiger partial charge in [-0.15, -0.1) is 0 Å². The van der Waals surface area contributed by atoms with Crippen LogP contribution < -0.4 is 0 Å². The second kappa shape index (κ2) is 8.95. The zero-order valence-electron chi connectivity index (χ0n) is 23.2. The first kappa shape index (κ1) is 24.4. The maximum atomic E-state index is 13.8. The highest BCUT2D eigenvalue weighted by Gasteiger charge is 2.55. The van der Waals surface area contributed by atoms with E-state index in [1.807, 2.05) is 18.2 Å². The molecule has 2 aromatic carbocycles. The van der Waals surface area contributed by atoms with E-state index in [9.17, 15) is 4.79 Å². The van der Waals surface area contributed by atoms with Crippen LogP contribution in [0.15, 0.2) is 91.3 Å². The van der Waals surface area contributed by atoms with Gasteiger partial charge in [0, 0.05) is 57.9 Å². The molecule has 6 aromatic rings. The predicted molar refractivity (Wildman–Crippen MR) is 159 cm³/mol. The Morgan fingerprint density at radius 2 is 1.60 bits per heavy atom. The quantitative estimate of drug-likeness (QED) is 0.218. The lowest BCUT2D eigenvalue weighted by atomic mass is 9.78. The standard InChI is InChI=1S/C35H31N3O2/c1-5-24-18-19-29-32(30(22(3)38(29)21-24)25-13-8-7-9-14-25)35(33-27(34(39)40-35)16-12-20-36-33)31-23(4)37(6-2)28-17-11-10-15-26(28)31/h7-21H,5-6H2,1-4H3. The van der Waals surface area contributed by atoms with Crippen LogP contribution in [0, 0.1) is 13.8 Å². The maximum absolute atomic E-state index is 13.8. The van der Waals surface area contributed by atoms with Gasteiger partial charge in [0.25, 0.3) is 0 Å². The fourth-order valence-corrected chi connectivity index (χ4v) is 6.82. The molecule has 0 bridgehead atoms. The zero-order valence-corrected chi connectivity index (χ0v) is 23.2. The third-order valence-corrected chi connectivity index (χ3v) is 8.57. The summed E-state index contributed by atoms with van der Waals surface area (Å²) in [5.74, 6) is -0.350. The number of rotatable bonds is 5. The molecule has 5 heterocycles. The summed E-state index contributed by atoms with van der Waals surface area (Å²) in [5, 5.41) is 1.06. The minimum atomic E-state index is -1.24. The van der Waals surface area contributed by atoms with Crippen LogP contribution in [0.2, 0.25) is 0 Å². The maximum Gasteiger partial charge on any atom is 0.341 e. The summed E-state index contributed by atoms with van der Waals surface area (Å²) in [6.45, 7) is 9.42. The van der Waals surface area contributed by atoms with Crippen LogP contribution in [0.5, 0.6) is 0 Å². The third kappa shape index (κ3) is 3.15. The topological polar surface area (TPSA) is 48.5 Å². The van der Waals surface area contributed by atoms with Gasteiger partial charge in [-0.2, -0.15) is 0 Å². The first-order valence-corrected chi connectivity index (χ1v) is 14.0. The summed E-state index contributed by atoms with van der Waals surface area (Å²) >= 11 is 0. The van der Waals surface area contributed by atoms with Crippen molar-refractivity contribution < 1.29 is 9.53 Å². The predicted octanol–water partition coefficient (Wildman–Crippen LogP) is 7.62. The van der Waals surface area contributed by atoms with Gasteiger partial charge in [0.15, 0.2) is 0 Å². The van der Waals surface area contributed by atoms with Gasteiger partial charge < -0.3 is 13.7 Å². The summed E-state index contributed by atoms with van der Waals surface area (Å²) in [5.41, 5.74) is 9.51. The van der Waals surface area contributed by atoms with Gasteiger partial charge in [-0.05, 0) is 62.6 Å². The summed E-state index contributed by atoms with van der Waals surface area (Å²) in [6, 6.07) is 26.9. The molecule has 0 spiro atoms. The number of nitrogens with zero attached hydrogens (tertiary/aromatic N) is 3. The number of esters is 1. The van der Waals surface area contributed by atoms with E-state index in [1.54, 1.807) is 6.20 Å². The fourth-order valence-electron chi connectivity index (χ4n) is 6.82. The molecule has 40 heavy (non-hydrogen) atoms. The van der Waals surface area contributed by atoms with E-state index in [2.05, 4.69) is 104 Å². The molecular weight excluding hydrogens is 494 g/mol. The Morgan fingerprint density at radius 3 is 2.38 bits per heavy atom. The molecule has 0 N–H and O–H groups in total. The van der Waals surface area contributed by atoms with Crippen LogP contribution in [0.1, 0.15) is 58.0 Å². The summed E-state index contributed by atoms with van der Waals surface area (Å²) < 4.78 is 11.3. The van der Waals surface area contributed by atoms with Crippen molar-refractivity contribution in [3.63, 3.8) is 0 Å². The minimum Gasteiger partial charge on any atom is -0.439 e. The van der Waals surface area contributed by atoms with Crippen molar-refractivity contribution in [3.8, 4) is 11.1 Å². The lowest BCUT2D eigenvalue weighted by Crippen LogP contribution is -2.32. The van der Waals surface area contributed by atoms with E-state index >= 15 is 0 Å². The average molecular weight is 526 g/mol. The Hall–Kier alpha value is -4.64. The number of carbonyl (C=O) groups excluding carboxylic acids is 1. The zero-order chi connectivity index (χ0) is 27.6. The molecule has 0 amide bonds. The Labute approximate surface area is 233 Å². The first-order chi connectivity index (χ1) is 19.5. The largest absolute Gasteiger partial charge is 0.439 e. The SMILES string of the molecule is CCc1ccc2c(C3(c4c(C)n(CC)c5ccccc45)OC(=O)c4cccnc43)c(-c3ccccc3)c(C)n2c1. The lowest BCUT2D eigenvalue weighted by molar-refractivity contribution is 0.0251. The van der Waals surface area contributed by atoms with Gasteiger partial charge in [-0.1, -0.05) is 61.5 Å². The van der Waals surface area contributed by atoms with Crippen LogP contribution >= 0.6 is 0 Å². The van der Waals surface area contributed by atoms with Gasteiger partial charge >= 0.3 is 5.97 Å². The van der Waals surface area contributed by atoms with Crippen molar-refractivity contribution in [2.45, 2.75) is 46.3 Å². The second-order valence-electron chi connectivity index (χ2n) is 10.5. The van der Waals surface area contributed by atoms with Crippen molar-refractivity contribution in [3.05, 3.63) is 131 Å². The van der Waals surface area contributed by atoms with E-state index in [0.717, 1.165) is 63.0 Å². The van der Waals surface area contributed by atoms with E-state index in [1.165, 1.54) is 5.56 Å². The minimum absolute atomic E-state index is 0.350. The molecule has 7 rings (SSSR count). The molecule has 1 atom stereocenters. The number of carbonyl (C=O) groups is 1. The molecule has 1 aliphatic rings. The van der Waals surface area contributed by atoms with Crippen LogP contribution in [-0.4, -0.2) is 19.9 Å². The number of pyridine rings is 2. The molecular formula is C35H31N3O2. The number of benzene rings is 2. The van der Waals surface area contributed by atoms with Crippen LogP contribution in [0.3, 0.4) is 0 Å². The van der Waals surface area contributed by atoms with Crippen molar-refractivity contribution in [2.75, 3.05) is 0 Å². The molecule has 0 aliphatic carbocycles. The molecule has 1 aliphatic heterocycles. The Bertz CT molecular complexity index is 1950. The van der Waals surface area contributed by atoms with Crippen LogP contribution in [-0.2, 0) is 23.3 Å². The second-order valence-corrected chi connectivity index (χ2v) is 10.5. The molecule has 5 nitrogen and oxygen atoms in total. The Kier molecular flexibility index (Phi) is 5.46. The molecule has 5 heteroatoms. The molecule has 0 saturated carbocycles. The summed E-state index contributed by atoms with van der Waals surface area (Å²) in [7, 11) is 0. The van der Waals surface area contributed by atoms with Gasteiger partial charge in [0.1, 0.15) is 5.69 Å². The van der Waals surface area contributed by atoms with Crippen molar-refractivity contribution in [1.82, 2.24) is 14.0 Å². The smallest absolute Gasteiger partial charge is 0.341 e. The van der Waals surface area contributed by atoms with Crippen molar-refractivity contribution in [2.24, 2.45) is 0 Å². The number of cyclic esters (lactones) is 1. The molecule has 1 unspecified atom stereocenters. The Balaban J connectivity index is 1.74.